The number of nitrogens with one attached hydrogen (secondary N) is 1. The lowest BCUT2D eigenvalue weighted by atomic mass is 9.84. The molecule has 3 rings (SSSR count). The molecule has 1 aromatic carbocycles. The molecule has 0 spiro atoms. The molecule has 2 aliphatic rings. The lowest BCUT2D eigenvalue weighted by Gasteiger charge is -2.28. The van der Waals surface area contributed by atoms with E-state index in [-0.39, 0.29) is 29.7 Å². The Kier molecular flexibility index (Phi) is 3.50. The SMILES string of the molecule is Cc1cc(O)cc2c1C(=O)NC1CN(C(=O)OC(C)(C)C)CC21. The van der Waals surface area contributed by atoms with Crippen LogP contribution in [-0.2, 0) is 4.74 Å². The fraction of sp³-hybridized carbons (Fsp3) is 0.529. The summed E-state index contributed by atoms with van der Waals surface area (Å²) >= 11 is 0. The van der Waals surface area contributed by atoms with Crippen LogP contribution < -0.4 is 5.32 Å². The topological polar surface area (TPSA) is 78.9 Å². The Morgan fingerprint density at radius 2 is 2.04 bits per heavy atom. The van der Waals surface area contributed by atoms with E-state index < -0.39 is 5.60 Å². The first-order valence-corrected chi connectivity index (χ1v) is 7.78. The van der Waals surface area contributed by atoms with Crippen molar-refractivity contribution in [1.82, 2.24) is 10.2 Å². The van der Waals surface area contributed by atoms with Crippen LogP contribution in [0.5, 0.6) is 5.75 Å². The van der Waals surface area contributed by atoms with Crippen LogP contribution in [0.15, 0.2) is 12.1 Å². The second-order valence-corrected chi connectivity index (χ2v) is 7.30. The predicted molar refractivity (Wildman–Crippen MR) is 84.6 cm³/mol. The molecule has 0 bridgehead atoms. The molecular formula is C17H22N2O4. The predicted octanol–water partition coefficient (Wildman–Crippen LogP) is 2.15. The van der Waals surface area contributed by atoms with Crippen molar-refractivity contribution in [1.29, 1.82) is 0 Å². The zero-order chi connectivity index (χ0) is 16.9. The molecule has 0 aromatic heterocycles. The number of phenolic OH excluding ortho intramolecular Hbond substituents is 1. The van der Waals surface area contributed by atoms with Crippen molar-refractivity contribution in [3.05, 3.63) is 28.8 Å². The minimum absolute atomic E-state index is 0.0268. The molecule has 124 valence electrons. The Morgan fingerprint density at radius 3 is 2.70 bits per heavy atom. The van der Waals surface area contributed by atoms with E-state index in [1.807, 2.05) is 20.8 Å². The van der Waals surface area contributed by atoms with Gasteiger partial charge in [0.05, 0.1) is 6.04 Å². The lowest BCUT2D eigenvalue weighted by Crippen LogP contribution is -2.45. The summed E-state index contributed by atoms with van der Waals surface area (Å²) in [6, 6.07) is 3.07. The number of phenols is 1. The highest BCUT2D eigenvalue weighted by Gasteiger charge is 2.43. The van der Waals surface area contributed by atoms with Crippen molar-refractivity contribution in [3.63, 3.8) is 0 Å². The van der Waals surface area contributed by atoms with Crippen LogP contribution in [0.1, 0.15) is 48.2 Å². The minimum atomic E-state index is -0.555. The summed E-state index contributed by atoms with van der Waals surface area (Å²) in [4.78, 5) is 26.2. The van der Waals surface area contributed by atoms with Crippen molar-refractivity contribution in [2.45, 2.75) is 45.3 Å². The van der Waals surface area contributed by atoms with Gasteiger partial charge in [-0.15, -0.1) is 0 Å². The van der Waals surface area contributed by atoms with Gasteiger partial charge in [0.25, 0.3) is 5.91 Å². The van der Waals surface area contributed by atoms with Crippen LogP contribution in [0.3, 0.4) is 0 Å². The van der Waals surface area contributed by atoms with Gasteiger partial charge in [0.1, 0.15) is 11.4 Å². The number of aryl methyl sites for hydroxylation is 1. The molecule has 2 unspecified atom stereocenters. The van der Waals surface area contributed by atoms with E-state index in [0.717, 1.165) is 11.1 Å². The average molecular weight is 318 g/mol. The molecule has 0 radical (unpaired) electrons. The zero-order valence-corrected chi connectivity index (χ0v) is 13.8. The number of aromatic hydroxyl groups is 1. The molecule has 6 heteroatoms. The number of carbonyl (C=O) groups excluding carboxylic acids is 2. The van der Waals surface area contributed by atoms with E-state index in [4.69, 9.17) is 4.74 Å². The second kappa shape index (κ2) is 5.15. The first-order chi connectivity index (χ1) is 10.7. The summed E-state index contributed by atoms with van der Waals surface area (Å²) in [6.45, 7) is 8.17. The molecule has 6 nitrogen and oxygen atoms in total. The first-order valence-electron chi connectivity index (χ1n) is 7.78. The maximum atomic E-state index is 12.3. The number of hydrogen-bond donors (Lipinski definition) is 2. The van der Waals surface area contributed by atoms with Crippen molar-refractivity contribution in [2.75, 3.05) is 13.1 Å². The van der Waals surface area contributed by atoms with Crippen molar-refractivity contribution < 1.29 is 19.4 Å². The molecule has 2 N–H and O–H groups in total. The fourth-order valence-corrected chi connectivity index (χ4v) is 3.38. The molecular weight excluding hydrogens is 296 g/mol. The van der Waals surface area contributed by atoms with Gasteiger partial charge in [-0.3, -0.25) is 4.79 Å². The number of fused-ring (bicyclic) bond motifs is 3. The quantitative estimate of drug-likeness (QED) is 0.768. The third kappa shape index (κ3) is 2.85. The third-order valence-electron chi connectivity index (χ3n) is 4.27. The van der Waals surface area contributed by atoms with Crippen LogP contribution in [0, 0.1) is 6.92 Å². The van der Waals surface area contributed by atoms with Gasteiger partial charge in [-0.2, -0.15) is 0 Å². The number of ether oxygens (including phenoxy) is 1. The molecule has 1 saturated heterocycles. The summed E-state index contributed by atoms with van der Waals surface area (Å²) in [6.07, 6.45) is -0.375. The molecule has 2 aliphatic heterocycles. The largest absolute Gasteiger partial charge is 0.508 e. The van der Waals surface area contributed by atoms with E-state index in [0.29, 0.717) is 18.7 Å². The van der Waals surface area contributed by atoms with Gasteiger partial charge in [-0.05, 0) is 51.0 Å². The van der Waals surface area contributed by atoms with Gasteiger partial charge >= 0.3 is 6.09 Å². The third-order valence-corrected chi connectivity index (χ3v) is 4.27. The maximum absolute atomic E-state index is 12.3. The minimum Gasteiger partial charge on any atom is -0.508 e. The van der Waals surface area contributed by atoms with Crippen LogP contribution in [0.4, 0.5) is 4.79 Å². The Bertz CT molecular complexity index is 678. The van der Waals surface area contributed by atoms with Gasteiger partial charge in [-0.1, -0.05) is 0 Å². The van der Waals surface area contributed by atoms with E-state index >= 15 is 0 Å². The number of rotatable bonds is 0. The maximum Gasteiger partial charge on any atom is 0.410 e. The lowest BCUT2D eigenvalue weighted by molar-refractivity contribution is 0.0288. The summed E-state index contributed by atoms with van der Waals surface area (Å²) in [5.74, 6) is -0.0313. The number of nitrogens with zero attached hydrogens (tertiary/aromatic N) is 1. The first kappa shape index (κ1) is 15.6. The van der Waals surface area contributed by atoms with Gasteiger partial charge < -0.3 is 20.1 Å². The summed E-state index contributed by atoms with van der Waals surface area (Å²) in [7, 11) is 0. The molecule has 2 atom stereocenters. The zero-order valence-electron chi connectivity index (χ0n) is 13.8. The summed E-state index contributed by atoms with van der Waals surface area (Å²) in [5.41, 5.74) is 1.60. The Hall–Kier alpha value is -2.24. The monoisotopic (exact) mass is 318 g/mol. The number of hydrogen-bond acceptors (Lipinski definition) is 4. The van der Waals surface area contributed by atoms with Crippen molar-refractivity contribution >= 4 is 12.0 Å². The molecule has 2 amide bonds. The molecule has 1 fully saturated rings. The molecule has 23 heavy (non-hydrogen) atoms. The molecule has 2 heterocycles. The van der Waals surface area contributed by atoms with Gasteiger partial charge in [0.15, 0.2) is 0 Å². The van der Waals surface area contributed by atoms with Crippen molar-refractivity contribution in [2.24, 2.45) is 0 Å². The second-order valence-electron chi connectivity index (χ2n) is 7.30. The van der Waals surface area contributed by atoms with Crippen molar-refractivity contribution in [3.8, 4) is 5.75 Å². The Balaban J connectivity index is 1.89. The fourth-order valence-electron chi connectivity index (χ4n) is 3.38. The molecule has 0 aliphatic carbocycles. The Morgan fingerprint density at radius 1 is 1.35 bits per heavy atom. The van der Waals surface area contributed by atoms with Crippen LogP contribution in [0.25, 0.3) is 0 Å². The van der Waals surface area contributed by atoms with E-state index in [1.54, 1.807) is 24.0 Å². The molecule has 0 saturated carbocycles. The van der Waals surface area contributed by atoms with Gasteiger partial charge in [0, 0.05) is 24.6 Å². The highest BCUT2D eigenvalue weighted by Crippen LogP contribution is 2.37. The normalized spacial score (nSPS) is 23.1. The standard InChI is InChI=1S/C17H22N2O4/c1-9-5-10(20)6-11-12-7-19(16(22)23-17(2,3)4)8-13(12)18-15(21)14(9)11/h5-6,12-13,20H,7-8H2,1-4H3,(H,18,21). The summed E-state index contributed by atoms with van der Waals surface area (Å²) < 4.78 is 5.41. The Labute approximate surface area is 135 Å². The average Bonchev–Trinajstić information content (AvgIpc) is 2.79. The number of benzene rings is 1. The van der Waals surface area contributed by atoms with Gasteiger partial charge in [-0.25, -0.2) is 4.79 Å². The highest BCUT2D eigenvalue weighted by atomic mass is 16.6. The van der Waals surface area contributed by atoms with Crippen LogP contribution in [-0.4, -0.2) is 46.7 Å². The van der Waals surface area contributed by atoms with E-state index in [1.165, 1.54) is 0 Å². The van der Waals surface area contributed by atoms with Gasteiger partial charge in [0.2, 0.25) is 0 Å². The number of amides is 2. The van der Waals surface area contributed by atoms with Crippen LogP contribution >= 0.6 is 0 Å². The summed E-state index contributed by atoms with van der Waals surface area (Å²) in [5, 5.41) is 12.8. The molecule has 1 aromatic rings. The highest BCUT2D eigenvalue weighted by molar-refractivity contribution is 5.99. The van der Waals surface area contributed by atoms with Crippen LogP contribution in [0.2, 0.25) is 0 Å². The smallest absolute Gasteiger partial charge is 0.410 e. The van der Waals surface area contributed by atoms with E-state index in [9.17, 15) is 14.7 Å². The number of likely N-dealkylation sites (tertiary alicyclic amines) is 1. The van der Waals surface area contributed by atoms with E-state index in [2.05, 4.69) is 5.32 Å². The number of carbonyl (C=O) groups is 2.